The fourth-order valence-electron chi connectivity index (χ4n) is 3.74. The Bertz CT molecular complexity index is 781. The first kappa shape index (κ1) is 17.6. The molecule has 0 atom stereocenters. The van der Waals surface area contributed by atoms with Gasteiger partial charge in [0.1, 0.15) is 17.3 Å². The number of likely N-dealkylation sites (tertiary alicyclic amines) is 1. The maximum absolute atomic E-state index is 12.4. The minimum Gasteiger partial charge on any atom is -0.495 e. The largest absolute Gasteiger partial charge is 0.495 e. The summed E-state index contributed by atoms with van der Waals surface area (Å²) in [6.45, 7) is 5.13. The number of hydrogen-bond acceptors (Lipinski definition) is 6. The molecule has 0 N–H and O–H groups in total. The smallest absolute Gasteiger partial charge is 0.274 e. The van der Waals surface area contributed by atoms with Gasteiger partial charge in [0.05, 0.1) is 25.2 Å². The van der Waals surface area contributed by atoms with Crippen molar-refractivity contribution in [2.75, 3.05) is 56.2 Å². The standard InChI is InChI=1S/C20H25N5O2/c1-27-18-7-3-2-6-17(18)23-10-12-24(13-11-23)19-15-21-16(14-22-19)20(26)25-8-4-5-9-25/h2-3,6-7,14-15H,4-5,8-13H2,1H3. The Balaban J connectivity index is 1.39. The molecule has 4 rings (SSSR count). The van der Waals surface area contributed by atoms with Crippen LogP contribution in [0, 0.1) is 0 Å². The second kappa shape index (κ2) is 7.82. The number of anilines is 2. The summed E-state index contributed by atoms with van der Waals surface area (Å²) in [5, 5.41) is 0. The maximum Gasteiger partial charge on any atom is 0.274 e. The van der Waals surface area contributed by atoms with Gasteiger partial charge in [0.25, 0.3) is 5.91 Å². The molecule has 0 bridgehead atoms. The van der Waals surface area contributed by atoms with Crippen molar-refractivity contribution in [1.29, 1.82) is 0 Å². The highest BCUT2D eigenvalue weighted by Gasteiger charge is 2.23. The lowest BCUT2D eigenvalue weighted by molar-refractivity contribution is 0.0786. The number of carbonyl (C=O) groups excluding carboxylic acids is 1. The Morgan fingerprint density at radius 2 is 1.63 bits per heavy atom. The zero-order valence-corrected chi connectivity index (χ0v) is 15.7. The van der Waals surface area contributed by atoms with E-state index in [2.05, 4.69) is 25.8 Å². The SMILES string of the molecule is COc1ccccc1N1CCN(c2cnc(C(=O)N3CCCC3)cn2)CC1. The van der Waals surface area contributed by atoms with Gasteiger partial charge in [-0.1, -0.05) is 12.1 Å². The Kier molecular flexibility index (Phi) is 5.09. The Morgan fingerprint density at radius 3 is 2.30 bits per heavy atom. The number of piperazine rings is 1. The second-order valence-corrected chi connectivity index (χ2v) is 6.91. The van der Waals surface area contributed by atoms with E-state index in [-0.39, 0.29) is 5.91 Å². The van der Waals surface area contributed by atoms with Gasteiger partial charge in [-0.25, -0.2) is 9.97 Å². The van der Waals surface area contributed by atoms with E-state index in [1.165, 1.54) is 0 Å². The van der Waals surface area contributed by atoms with Gasteiger partial charge in [0, 0.05) is 39.3 Å². The monoisotopic (exact) mass is 367 g/mol. The van der Waals surface area contributed by atoms with Crippen LogP contribution in [0.2, 0.25) is 0 Å². The van der Waals surface area contributed by atoms with Crippen molar-refractivity contribution in [2.45, 2.75) is 12.8 Å². The van der Waals surface area contributed by atoms with Crippen LogP contribution in [0.25, 0.3) is 0 Å². The van der Waals surface area contributed by atoms with Crippen LogP contribution in [0.5, 0.6) is 5.75 Å². The van der Waals surface area contributed by atoms with Crippen molar-refractivity contribution in [3.8, 4) is 5.75 Å². The molecule has 7 heteroatoms. The van der Waals surface area contributed by atoms with Crippen LogP contribution in [0.4, 0.5) is 11.5 Å². The molecule has 2 saturated heterocycles. The summed E-state index contributed by atoms with van der Waals surface area (Å²) in [7, 11) is 1.70. The molecule has 1 amide bonds. The number of carbonyl (C=O) groups is 1. The molecule has 0 spiro atoms. The van der Waals surface area contributed by atoms with E-state index < -0.39 is 0 Å². The minimum absolute atomic E-state index is 0.00691. The highest BCUT2D eigenvalue weighted by atomic mass is 16.5. The fraction of sp³-hybridized carbons (Fsp3) is 0.450. The third kappa shape index (κ3) is 3.67. The number of amides is 1. The van der Waals surface area contributed by atoms with Gasteiger partial charge in [0.2, 0.25) is 0 Å². The predicted octanol–water partition coefficient (Wildman–Crippen LogP) is 2.05. The molecule has 0 radical (unpaired) electrons. The average Bonchev–Trinajstić information content (AvgIpc) is 3.28. The predicted molar refractivity (Wildman–Crippen MR) is 105 cm³/mol. The lowest BCUT2D eigenvalue weighted by Crippen LogP contribution is -2.47. The van der Waals surface area contributed by atoms with E-state index >= 15 is 0 Å². The van der Waals surface area contributed by atoms with E-state index in [1.807, 2.05) is 23.1 Å². The van der Waals surface area contributed by atoms with Crippen molar-refractivity contribution in [3.05, 3.63) is 42.4 Å². The minimum atomic E-state index is -0.00691. The third-order valence-electron chi connectivity index (χ3n) is 5.28. The second-order valence-electron chi connectivity index (χ2n) is 6.91. The molecule has 7 nitrogen and oxygen atoms in total. The fourth-order valence-corrected chi connectivity index (χ4v) is 3.74. The van der Waals surface area contributed by atoms with E-state index in [0.717, 1.165) is 69.4 Å². The van der Waals surface area contributed by atoms with Gasteiger partial charge < -0.3 is 19.4 Å². The van der Waals surface area contributed by atoms with Crippen molar-refractivity contribution in [1.82, 2.24) is 14.9 Å². The zero-order valence-electron chi connectivity index (χ0n) is 15.7. The molecule has 0 unspecified atom stereocenters. The highest BCUT2D eigenvalue weighted by Crippen LogP contribution is 2.28. The molecular weight excluding hydrogens is 342 g/mol. The van der Waals surface area contributed by atoms with Crippen LogP contribution in [-0.4, -0.2) is 67.2 Å². The van der Waals surface area contributed by atoms with Crippen LogP contribution in [0.3, 0.4) is 0 Å². The van der Waals surface area contributed by atoms with Gasteiger partial charge in [-0.05, 0) is 25.0 Å². The van der Waals surface area contributed by atoms with E-state index in [4.69, 9.17) is 4.74 Å². The maximum atomic E-state index is 12.4. The van der Waals surface area contributed by atoms with Gasteiger partial charge in [-0.3, -0.25) is 4.79 Å². The van der Waals surface area contributed by atoms with Crippen molar-refractivity contribution < 1.29 is 9.53 Å². The molecular formula is C20H25N5O2. The molecule has 0 saturated carbocycles. The molecule has 0 aliphatic carbocycles. The van der Waals surface area contributed by atoms with Crippen LogP contribution in [0.15, 0.2) is 36.7 Å². The summed E-state index contributed by atoms with van der Waals surface area (Å²) < 4.78 is 5.47. The molecule has 1 aromatic heterocycles. The quantitative estimate of drug-likeness (QED) is 0.824. The molecule has 2 aliphatic heterocycles. The summed E-state index contributed by atoms with van der Waals surface area (Å²) in [5.74, 6) is 1.72. The number of hydrogen-bond donors (Lipinski definition) is 0. The van der Waals surface area contributed by atoms with Crippen LogP contribution >= 0.6 is 0 Å². The Hall–Kier alpha value is -2.83. The number of ether oxygens (including phenoxy) is 1. The van der Waals surface area contributed by atoms with E-state index in [9.17, 15) is 4.79 Å². The lowest BCUT2D eigenvalue weighted by Gasteiger charge is -2.37. The van der Waals surface area contributed by atoms with Crippen molar-refractivity contribution in [3.63, 3.8) is 0 Å². The summed E-state index contributed by atoms with van der Waals surface area (Å²) in [6.07, 6.45) is 5.49. The van der Waals surface area contributed by atoms with Gasteiger partial charge in [-0.2, -0.15) is 0 Å². The topological polar surface area (TPSA) is 61.8 Å². The first-order valence-corrected chi connectivity index (χ1v) is 9.50. The number of benzene rings is 1. The Labute approximate surface area is 159 Å². The van der Waals surface area contributed by atoms with Gasteiger partial charge >= 0.3 is 0 Å². The van der Waals surface area contributed by atoms with Crippen LogP contribution in [-0.2, 0) is 0 Å². The summed E-state index contributed by atoms with van der Waals surface area (Å²) >= 11 is 0. The number of methoxy groups -OCH3 is 1. The number of nitrogens with zero attached hydrogens (tertiary/aromatic N) is 5. The highest BCUT2D eigenvalue weighted by molar-refractivity contribution is 5.92. The molecule has 2 fully saturated rings. The first-order valence-electron chi connectivity index (χ1n) is 9.50. The summed E-state index contributed by atoms with van der Waals surface area (Å²) in [5.41, 5.74) is 1.56. The molecule has 27 heavy (non-hydrogen) atoms. The van der Waals surface area contributed by atoms with E-state index in [1.54, 1.807) is 19.5 Å². The van der Waals surface area contributed by atoms with Crippen LogP contribution in [0.1, 0.15) is 23.3 Å². The Morgan fingerprint density at radius 1 is 0.926 bits per heavy atom. The third-order valence-corrected chi connectivity index (χ3v) is 5.28. The number of para-hydroxylation sites is 2. The first-order chi connectivity index (χ1) is 13.3. The van der Waals surface area contributed by atoms with Crippen molar-refractivity contribution >= 4 is 17.4 Å². The molecule has 142 valence electrons. The summed E-state index contributed by atoms with van der Waals surface area (Å²) in [6, 6.07) is 8.10. The van der Waals surface area contributed by atoms with Crippen LogP contribution < -0.4 is 14.5 Å². The average molecular weight is 367 g/mol. The van der Waals surface area contributed by atoms with Gasteiger partial charge in [0.15, 0.2) is 0 Å². The zero-order chi connectivity index (χ0) is 18.6. The number of rotatable bonds is 4. The number of aromatic nitrogens is 2. The molecule has 1 aromatic carbocycles. The van der Waals surface area contributed by atoms with Gasteiger partial charge in [-0.15, -0.1) is 0 Å². The lowest BCUT2D eigenvalue weighted by atomic mass is 10.2. The molecule has 2 aromatic rings. The van der Waals surface area contributed by atoms with Crippen molar-refractivity contribution in [2.24, 2.45) is 0 Å². The molecule has 3 heterocycles. The normalized spacial score (nSPS) is 17.3. The molecule has 2 aliphatic rings. The van der Waals surface area contributed by atoms with E-state index in [0.29, 0.717) is 5.69 Å². The summed E-state index contributed by atoms with van der Waals surface area (Å²) in [4.78, 5) is 27.7.